The summed E-state index contributed by atoms with van der Waals surface area (Å²) in [7, 11) is 0. The van der Waals surface area contributed by atoms with Crippen LogP contribution in [-0.2, 0) is 0 Å². The van der Waals surface area contributed by atoms with E-state index in [-0.39, 0.29) is 0 Å². The van der Waals surface area contributed by atoms with E-state index >= 15 is 0 Å². The zero-order chi connectivity index (χ0) is 10.9. The normalized spacial score (nSPS) is 43.4. The Hall–Kier alpha value is 0.270. The number of hydrogen-bond acceptors (Lipinski definition) is 3. The Morgan fingerprint density at radius 3 is 2.87 bits per heavy atom. The van der Waals surface area contributed by atoms with Crippen molar-refractivity contribution < 1.29 is 0 Å². The second kappa shape index (κ2) is 4.64. The van der Waals surface area contributed by atoms with Crippen molar-refractivity contribution in [1.29, 1.82) is 0 Å². The summed E-state index contributed by atoms with van der Waals surface area (Å²) in [6.07, 6.45) is 4.05. The van der Waals surface area contributed by atoms with E-state index in [2.05, 4.69) is 30.5 Å². The first-order valence-electron chi connectivity index (χ1n) is 6.24. The van der Waals surface area contributed by atoms with Gasteiger partial charge in [-0.3, -0.25) is 4.90 Å². The Morgan fingerprint density at radius 2 is 2.27 bits per heavy atom. The van der Waals surface area contributed by atoms with E-state index in [1.807, 2.05) is 0 Å². The van der Waals surface area contributed by atoms with Gasteiger partial charge in [0.1, 0.15) is 0 Å². The van der Waals surface area contributed by atoms with Crippen molar-refractivity contribution in [2.75, 3.05) is 24.6 Å². The predicted molar refractivity (Wildman–Crippen MR) is 68.3 cm³/mol. The molecule has 0 aromatic carbocycles. The summed E-state index contributed by atoms with van der Waals surface area (Å²) < 4.78 is 0. The van der Waals surface area contributed by atoms with Crippen molar-refractivity contribution in [3.05, 3.63) is 0 Å². The molecule has 3 atom stereocenters. The molecule has 2 saturated heterocycles. The maximum Gasteiger partial charge on any atom is 0.0432 e. The number of hydrogen-bond donors (Lipinski definition) is 1. The average Bonchev–Trinajstić information content (AvgIpc) is 2.72. The molecule has 2 nitrogen and oxygen atoms in total. The molecule has 0 saturated carbocycles. The lowest BCUT2D eigenvalue weighted by atomic mass is 9.85. The van der Waals surface area contributed by atoms with Crippen LogP contribution in [0.4, 0.5) is 0 Å². The Bertz CT molecular complexity index is 214. The lowest BCUT2D eigenvalue weighted by molar-refractivity contribution is 0.0190. The van der Waals surface area contributed by atoms with Crippen molar-refractivity contribution in [3.63, 3.8) is 0 Å². The van der Waals surface area contributed by atoms with Crippen LogP contribution in [-0.4, -0.2) is 41.1 Å². The van der Waals surface area contributed by atoms with E-state index in [0.29, 0.717) is 5.54 Å². The second-order valence-corrected chi connectivity index (χ2v) is 6.39. The van der Waals surface area contributed by atoms with Gasteiger partial charge in [0.15, 0.2) is 0 Å². The molecule has 2 heterocycles. The van der Waals surface area contributed by atoms with Crippen molar-refractivity contribution in [2.45, 2.75) is 44.7 Å². The summed E-state index contributed by atoms with van der Waals surface area (Å²) in [5, 5.41) is 0. The molecule has 3 unspecified atom stereocenters. The Labute approximate surface area is 98.0 Å². The van der Waals surface area contributed by atoms with E-state index in [4.69, 9.17) is 5.73 Å². The van der Waals surface area contributed by atoms with Crippen molar-refractivity contribution >= 4 is 11.8 Å². The molecule has 2 aliphatic rings. The molecule has 3 heteroatoms. The second-order valence-electron chi connectivity index (χ2n) is 5.28. The third kappa shape index (κ3) is 2.06. The van der Waals surface area contributed by atoms with Crippen molar-refractivity contribution in [3.8, 4) is 0 Å². The van der Waals surface area contributed by atoms with Crippen LogP contribution in [0.25, 0.3) is 0 Å². The minimum Gasteiger partial charge on any atom is -0.329 e. The maximum atomic E-state index is 6.05. The van der Waals surface area contributed by atoms with Crippen LogP contribution in [0.1, 0.15) is 33.1 Å². The van der Waals surface area contributed by atoms with Crippen LogP contribution in [0.2, 0.25) is 0 Å². The van der Waals surface area contributed by atoms with Crippen molar-refractivity contribution in [1.82, 2.24) is 4.90 Å². The van der Waals surface area contributed by atoms with Gasteiger partial charge < -0.3 is 5.73 Å². The Kier molecular flexibility index (Phi) is 3.63. The monoisotopic (exact) mass is 228 g/mol. The molecule has 15 heavy (non-hydrogen) atoms. The van der Waals surface area contributed by atoms with Crippen LogP contribution >= 0.6 is 11.8 Å². The standard InChI is InChI=1S/C12H24N2S/c1-10-4-3-6-14(11(10)2)12(8-13)5-7-15-9-12/h10-11H,3-9,13H2,1-2H3. The zero-order valence-electron chi connectivity index (χ0n) is 10.0. The van der Waals surface area contributed by atoms with Gasteiger partial charge in [-0.15, -0.1) is 0 Å². The first kappa shape index (κ1) is 11.7. The first-order chi connectivity index (χ1) is 7.19. The molecule has 2 aliphatic heterocycles. The number of likely N-dealkylation sites (tertiary alicyclic amines) is 1. The van der Waals surface area contributed by atoms with Crippen LogP contribution in [0.5, 0.6) is 0 Å². The molecular formula is C12H24N2S. The molecular weight excluding hydrogens is 204 g/mol. The zero-order valence-corrected chi connectivity index (χ0v) is 10.9. The summed E-state index contributed by atoms with van der Waals surface area (Å²) in [4.78, 5) is 2.72. The van der Waals surface area contributed by atoms with Gasteiger partial charge in [0.2, 0.25) is 0 Å². The summed E-state index contributed by atoms with van der Waals surface area (Å²) in [6.45, 7) is 6.90. The first-order valence-corrected chi connectivity index (χ1v) is 7.40. The van der Waals surface area contributed by atoms with Crippen LogP contribution in [0.15, 0.2) is 0 Å². The maximum absolute atomic E-state index is 6.05. The van der Waals surface area contributed by atoms with Gasteiger partial charge in [-0.25, -0.2) is 0 Å². The van der Waals surface area contributed by atoms with E-state index < -0.39 is 0 Å². The minimum absolute atomic E-state index is 0.332. The van der Waals surface area contributed by atoms with E-state index in [9.17, 15) is 0 Å². The fourth-order valence-electron chi connectivity index (χ4n) is 3.11. The number of rotatable bonds is 2. The Morgan fingerprint density at radius 1 is 1.47 bits per heavy atom. The summed E-state index contributed by atoms with van der Waals surface area (Å²) >= 11 is 2.08. The van der Waals surface area contributed by atoms with Crippen LogP contribution < -0.4 is 5.73 Å². The van der Waals surface area contributed by atoms with Crippen molar-refractivity contribution in [2.24, 2.45) is 11.7 Å². The smallest absolute Gasteiger partial charge is 0.0432 e. The van der Waals surface area contributed by atoms with Gasteiger partial charge in [0.05, 0.1) is 0 Å². The average molecular weight is 228 g/mol. The fourth-order valence-corrected chi connectivity index (χ4v) is 4.58. The van der Waals surface area contributed by atoms with Crippen LogP contribution in [0.3, 0.4) is 0 Å². The predicted octanol–water partition coefficient (Wildman–Crippen LogP) is 1.94. The van der Waals surface area contributed by atoms with Gasteiger partial charge in [0, 0.05) is 23.9 Å². The van der Waals surface area contributed by atoms with Gasteiger partial charge in [-0.2, -0.15) is 11.8 Å². The topological polar surface area (TPSA) is 29.3 Å². The SMILES string of the molecule is CC1CCCN(C2(CN)CCSC2)C1C. The van der Waals surface area contributed by atoms with Gasteiger partial charge in [0.25, 0.3) is 0 Å². The molecule has 0 spiro atoms. The van der Waals surface area contributed by atoms with Crippen LogP contribution in [0, 0.1) is 5.92 Å². The number of piperidine rings is 1. The highest BCUT2D eigenvalue weighted by molar-refractivity contribution is 7.99. The molecule has 2 rings (SSSR count). The van der Waals surface area contributed by atoms with Gasteiger partial charge >= 0.3 is 0 Å². The Balaban J connectivity index is 2.12. The molecule has 2 fully saturated rings. The molecule has 0 aromatic rings. The summed E-state index contributed by atoms with van der Waals surface area (Å²) in [6, 6.07) is 0.723. The summed E-state index contributed by atoms with van der Waals surface area (Å²) in [5.74, 6) is 3.39. The number of nitrogens with two attached hydrogens (primary N) is 1. The van der Waals surface area contributed by atoms with E-state index in [0.717, 1.165) is 18.5 Å². The highest BCUT2D eigenvalue weighted by Crippen LogP contribution is 2.38. The third-order valence-electron chi connectivity index (χ3n) is 4.45. The van der Waals surface area contributed by atoms with Gasteiger partial charge in [-0.1, -0.05) is 6.92 Å². The van der Waals surface area contributed by atoms with E-state index in [1.165, 1.54) is 37.3 Å². The van der Waals surface area contributed by atoms with E-state index in [1.54, 1.807) is 0 Å². The minimum atomic E-state index is 0.332. The molecule has 0 amide bonds. The molecule has 0 bridgehead atoms. The third-order valence-corrected chi connectivity index (χ3v) is 5.68. The number of nitrogens with zero attached hydrogens (tertiary/aromatic N) is 1. The largest absolute Gasteiger partial charge is 0.329 e. The number of thioether (sulfide) groups is 1. The lowest BCUT2D eigenvalue weighted by Crippen LogP contribution is -2.60. The summed E-state index contributed by atoms with van der Waals surface area (Å²) in [5.41, 5.74) is 6.38. The highest BCUT2D eigenvalue weighted by atomic mass is 32.2. The molecule has 2 N–H and O–H groups in total. The molecule has 0 aromatic heterocycles. The highest BCUT2D eigenvalue weighted by Gasteiger charge is 2.43. The quantitative estimate of drug-likeness (QED) is 0.783. The molecule has 0 radical (unpaired) electrons. The van der Waals surface area contributed by atoms with Gasteiger partial charge in [-0.05, 0) is 44.4 Å². The molecule has 0 aliphatic carbocycles. The fraction of sp³-hybridized carbons (Fsp3) is 1.00. The lowest BCUT2D eigenvalue weighted by Gasteiger charge is -2.48. The molecule has 88 valence electrons.